The number of hydrogen-bond acceptors (Lipinski definition) is 4. The molecule has 0 saturated heterocycles. The molecule has 0 bridgehead atoms. The first kappa shape index (κ1) is 56.8. The van der Waals surface area contributed by atoms with Gasteiger partial charge in [-0.05, 0) is 32.1 Å². The topological polar surface area (TPSA) is 89.8 Å². The van der Waals surface area contributed by atoms with Crippen LogP contribution in [-0.2, 0) is 4.79 Å². The van der Waals surface area contributed by atoms with Crippen LogP contribution < -0.4 is 5.32 Å². The molecule has 0 aromatic rings. The van der Waals surface area contributed by atoms with E-state index < -0.39 is 24.2 Å². The minimum absolute atomic E-state index is 0.373. The minimum Gasteiger partial charge on any atom is -0.394 e. The Hall–Kier alpha value is -1.17. The van der Waals surface area contributed by atoms with Crippen LogP contribution in [0.2, 0.25) is 0 Å². The van der Waals surface area contributed by atoms with Crippen LogP contribution in [0.25, 0.3) is 0 Å². The SMILES string of the molecule is CCCCCCCCCCCCCC/C=C/CC/C=C/C(O)C(CO)NC(=O)C(O)CCCCCCCCCCCCCCCCCCCCCCCCCCCC. The largest absolute Gasteiger partial charge is 0.394 e. The van der Waals surface area contributed by atoms with Gasteiger partial charge in [0.25, 0.3) is 0 Å². The van der Waals surface area contributed by atoms with E-state index in [9.17, 15) is 20.1 Å². The third kappa shape index (κ3) is 42.9. The highest BCUT2D eigenvalue weighted by molar-refractivity contribution is 5.80. The molecule has 3 unspecified atom stereocenters. The third-order valence-corrected chi connectivity index (χ3v) is 12.3. The maximum Gasteiger partial charge on any atom is 0.249 e. The number of amides is 1. The summed E-state index contributed by atoms with van der Waals surface area (Å²) >= 11 is 0. The van der Waals surface area contributed by atoms with Crippen LogP contribution in [0.15, 0.2) is 24.3 Å². The van der Waals surface area contributed by atoms with E-state index in [1.165, 1.54) is 225 Å². The van der Waals surface area contributed by atoms with Gasteiger partial charge in [-0.1, -0.05) is 276 Å². The van der Waals surface area contributed by atoms with Gasteiger partial charge in [0.15, 0.2) is 0 Å². The van der Waals surface area contributed by atoms with Crippen molar-refractivity contribution in [3.05, 3.63) is 24.3 Å². The van der Waals surface area contributed by atoms with Crippen molar-refractivity contribution >= 4 is 5.91 Å². The van der Waals surface area contributed by atoms with Crippen molar-refractivity contribution in [3.8, 4) is 0 Å². The van der Waals surface area contributed by atoms with Gasteiger partial charge in [0, 0.05) is 0 Å². The molecule has 0 aromatic carbocycles. The van der Waals surface area contributed by atoms with Crippen LogP contribution in [0.4, 0.5) is 0 Å². The summed E-state index contributed by atoms with van der Waals surface area (Å²) < 4.78 is 0. The number of aliphatic hydroxyl groups is 3. The summed E-state index contributed by atoms with van der Waals surface area (Å²) in [5.74, 6) is -0.508. The molecule has 58 heavy (non-hydrogen) atoms. The summed E-state index contributed by atoms with van der Waals surface area (Å²) in [5, 5.41) is 33.3. The zero-order chi connectivity index (χ0) is 42.3. The summed E-state index contributed by atoms with van der Waals surface area (Å²) in [6, 6.07) is -0.811. The molecule has 5 nitrogen and oxygen atoms in total. The van der Waals surface area contributed by atoms with Crippen molar-refractivity contribution in [3.63, 3.8) is 0 Å². The number of aliphatic hydroxyl groups excluding tert-OH is 3. The number of nitrogens with one attached hydrogen (secondary N) is 1. The first-order valence-corrected chi connectivity index (χ1v) is 26.2. The molecule has 0 aliphatic rings. The van der Waals surface area contributed by atoms with Crippen LogP contribution in [0.3, 0.4) is 0 Å². The molecular formula is C53H103NO4. The Balaban J connectivity index is 3.58. The molecule has 0 aromatic heterocycles. The second-order valence-electron chi connectivity index (χ2n) is 18.1. The zero-order valence-corrected chi connectivity index (χ0v) is 39.2. The standard InChI is InChI=1S/C53H103NO4/c1-3-5-7-9-11-13-15-17-19-21-23-24-25-26-27-28-29-30-32-34-36-38-40-42-44-46-48-52(57)53(58)54-50(49-55)51(56)47-45-43-41-39-37-35-33-31-22-20-18-16-14-12-10-8-6-4-2/h37,39,45,47,50-52,55-57H,3-36,38,40-44,46,48-49H2,1-2H3,(H,54,58)/b39-37+,47-45+. The average Bonchev–Trinajstić information content (AvgIpc) is 3.23. The normalized spacial score (nSPS) is 13.5. The smallest absolute Gasteiger partial charge is 0.249 e. The fourth-order valence-electron chi connectivity index (χ4n) is 8.20. The predicted molar refractivity (Wildman–Crippen MR) is 255 cm³/mol. The van der Waals surface area contributed by atoms with Gasteiger partial charge in [-0.2, -0.15) is 0 Å². The summed E-state index contributed by atoms with van der Waals surface area (Å²) in [7, 11) is 0. The van der Waals surface area contributed by atoms with Crippen molar-refractivity contribution in [1.29, 1.82) is 0 Å². The van der Waals surface area contributed by atoms with E-state index >= 15 is 0 Å². The Bertz CT molecular complexity index is 859. The third-order valence-electron chi connectivity index (χ3n) is 12.3. The van der Waals surface area contributed by atoms with Gasteiger partial charge in [0.05, 0.1) is 18.8 Å². The molecule has 3 atom stereocenters. The van der Waals surface area contributed by atoms with E-state index in [0.29, 0.717) is 6.42 Å². The second-order valence-corrected chi connectivity index (χ2v) is 18.1. The van der Waals surface area contributed by atoms with Crippen LogP contribution in [0, 0.1) is 0 Å². The number of hydrogen-bond donors (Lipinski definition) is 4. The number of allylic oxidation sites excluding steroid dienone is 3. The molecule has 0 heterocycles. The first-order valence-electron chi connectivity index (χ1n) is 26.2. The van der Waals surface area contributed by atoms with Gasteiger partial charge in [-0.15, -0.1) is 0 Å². The molecule has 0 radical (unpaired) electrons. The molecule has 344 valence electrons. The highest BCUT2D eigenvalue weighted by Gasteiger charge is 2.22. The summed E-state index contributed by atoms with van der Waals surface area (Å²) in [6.45, 7) is 4.20. The molecule has 1 amide bonds. The van der Waals surface area contributed by atoms with E-state index in [2.05, 4.69) is 31.3 Å². The lowest BCUT2D eigenvalue weighted by atomic mass is 10.0. The second kappa shape index (κ2) is 48.5. The number of carbonyl (C=O) groups is 1. The predicted octanol–water partition coefficient (Wildman–Crippen LogP) is 15.7. The van der Waals surface area contributed by atoms with E-state index in [0.717, 1.165) is 38.5 Å². The van der Waals surface area contributed by atoms with Crippen molar-refractivity contribution in [2.75, 3.05) is 6.61 Å². The van der Waals surface area contributed by atoms with E-state index in [1.807, 2.05) is 6.08 Å². The molecule has 0 saturated carbocycles. The molecule has 0 aliphatic carbocycles. The van der Waals surface area contributed by atoms with Gasteiger partial charge in [0.2, 0.25) is 5.91 Å². The van der Waals surface area contributed by atoms with Crippen LogP contribution >= 0.6 is 0 Å². The first-order chi connectivity index (χ1) is 28.6. The Morgan fingerprint density at radius 3 is 1.05 bits per heavy atom. The van der Waals surface area contributed by atoms with Gasteiger partial charge in [-0.25, -0.2) is 0 Å². The summed E-state index contributed by atoms with van der Waals surface area (Å²) in [4.78, 5) is 12.5. The fraction of sp³-hybridized carbons (Fsp3) is 0.906. The molecule has 0 aliphatic heterocycles. The van der Waals surface area contributed by atoms with Gasteiger partial charge in [-0.3, -0.25) is 4.79 Å². The number of rotatable bonds is 48. The monoisotopic (exact) mass is 818 g/mol. The summed E-state index contributed by atoms with van der Waals surface area (Å²) in [5.41, 5.74) is 0. The Labute approximate surface area is 362 Å². The zero-order valence-electron chi connectivity index (χ0n) is 39.2. The van der Waals surface area contributed by atoms with E-state index in [1.54, 1.807) is 6.08 Å². The van der Waals surface area contributed by atoms with Gasteiger partial charge in [0.1, 0.15) is 6.10 Å². The molecule has 4 N–H and O–H groups in total. The van der Waals surface area contributed by atoms with Crippen molar-refractivity contribution in [2.24, 2.45) is 0 Å². The van der Waals surface area contributed by atoms with Gasteiger partial charge < -0.3 is 20.6 Å². The fourth-order valence-corrected chi connectivity index (χ4v) is 8.20. The lowest BCUT2D eigenvalue weighted by Gasteiger charge is -2.21. The molecule has 0 rings (SSSR count). The molecule has 0 spiro atoms. The van der Waals surface area contributed by atoms with Crippen molar-refractivity contribution in [1.82, 2.24) is 5.32 Å². The lowest BCUT2D eigenvalue weighted by molar-refractivity contribution is -0.131. The average molecular weight is 818 g/mol. The highest BCUT2D eigenvalue weighted by atomic mass is 16.3. The molecule has 0 fully saturated rings. The molecular weight excluding hydrogens is 715 g/mol. The van der Waals surface area contributed by atoms with Crippen molar-refractivity contribution in [2.45, 2.75) is 302 Å². The highest BCUT2D eigenvalue weighted by Crippen LogP contribution is 2.17. The van der Waals surface area contributed by atoms with Crippen LogP contribution in [0.5, 0.6) is 0 Å². The quantitative estimate of drug-likeness (QED) is 0.0364. The Morgan fingerprint density at radius 2 is 0.707 bits per heavy atom. The maximum atomic E-state index is 12.5. The van der Waals surface area contributed by atoms with Crippen LogP contribution in [-0.4, -0.2) is 46.1 Å². The van der Waals surface area contributed by atoms with E-state index in [-0.39, 0.29) is 6.61 Å². The summed E-state index contributed by atoms with van der Waals surface area (Å²) in [6.07, 6.45) is 61.0. The number of unbranched alkanes of at least 4 members (excludes halogenated alkanes) is 38. The lowest BCUT2D eigenvalue weighted by Crippen LogP contribution is -2.48. The van der Waals surface area contributed by atoms with E-state index in [4.69, 9.17) is 0 Å². The van der Waals surface area contributed by atoms with Crippen molar-refractivity contribution < 1.29 is 20.1 Å². The van der Waals surface area contributed by atoms with Gasteiger partial charge >= 0.3 is 0 Å². The maximum absolute atomic E-state index is 12.5. The Kier molecular flexibility index (Phi) is 47.5. The molecule has 5 heteroatoms. The minimum atomic E-state index is -1.10. The Morgan fingerprint density at radius 1 is 0.414 bits per heavy atom. The van der Waals surface area contributed by atoms with Crippen LogP contribution in [0.1, 0.15) is 284 Å². The number of carbonyl (C=O) groups excluding carboxylic acids is 1.